The predicted molar refractivity (Wildman–Crippen MR) is 108 cm³/mol. The first kappa shape index (κ1) is 19.3. The molecule has 0 N–H and O–H groups in total. The molecule has 2 aromatic heterocycles. The van der Waals surface area contributed by atoms with Gasteiger partial charge >= 0.3 is 0 Å². The van der Waals surface area contributed by atoms with Crippen molar-refractivity contribution in [2.75, 3.05) is 26.7 Å². The molecule has 1 aliphatic heterocycles. The van der Waals surface area contributed by atoms with Crippen molar-refractivity contribution < 1.29 is 8.42 Å². The first-order chi connectivity index (χ1) is 13.4. The van der Waals surface area contributed by atoms with Gasteiger partial charge < -0.3 is 4.90 Å². The van der Waals surface area contributed by atoms with Gasteiger partial charge in [-0.2, -0.15) is 9.40 Å². The lowest BCUT2D eigenvalue weighted by Gasteiger charge is -2.38. The van der Waals surface area contributed by atoms with Crippen LogP contribution in [0.3, 0.4) is 0 Å². The summed E-state index contributed by atoms with van der Waals surface area (Å²) < 4.78 is 29.4. The van der Waals surface area contributed by atoms with E-state index in [9.17, 15) is 8.42 Å². The van der Waals surface area contributed by atoms with Crippen LogP contribution in [0.25, 0.3) is 5.65 Å². The van der Waals surface area contributed by atoms with Crippen molar-refractivity contribution in [3.63, 3.8) is 0 Å². The minimum Gasteiger partial charge on any atom is -0.300 e. The molecule has 0 amide bonds. The average molecular weight is 420 g/mol. The number of halogens is 1. The maximum Gasteiger partial charge on any atom is 0.246 e. The molecule has 28 heavy (non-hydrogen) atoms. The van der Waals surface area contributed by atoms with Gasteiger partial charge in [0.1, 0.15) is 9.92 Å². The zero-order valence-corrected chi connectivity index (χ0v) is 17.4. The molecule has 4 rings (SSSR count). The van der Waals surface area contributed by atoms with Crippen LogP contribution < -0.4 is 0 Å². The summed E-state index contributed by atoms with van der Waals surface area (Å²) >= 11 is 6.16. The molecule has 0 aliphatic carbocycles. The normalized spacial score (nSPS) is 19.3. The van der Waals surface area contributed by atoms with Crippen LogP contribution in [0, 0.1) is 6.92 Å². The van der Waals surface area contributed by atoms with E-state index in [-0.39, 0.29) is 10.9 Å². The standard InChI is InChI=1S/C19H22ClN5O2S/c1-14-18(20)19-21-11-17(13-25(19)22-14)28(26,27)24-9-8-23(2)16(12-24)10-15-6-4-3-5-7-15/h3-7,11,13,16H,8-10,12H2,1-2H3. The fourth-order valence-corrected chi connectivity index (χ4v) is 5.11. The van der Waals surface area contributed by atoms with E-state index in [0.717, 1.165) is 6.42 Å². The van der Waals surface area contributed by atoms with Gasteiger partial charge in [-0.3, -0.25) is 0 Å². The number of aryl methyl sites for hydroxylation is 1. The molecule has 3 aromatic rings. The zero-order chi connectivity index (χ0) is 19.9. The van der Waals surface area contributed by atoms with Gasteiger partial charge in [0, 0.05) is 25.7 Å². The summed E-state index contributed by atoms with van der Waals surface area (Å²) in [6.07, 6.45) is 3.65. The topological polar surface area (TPSA) is 70.8 Å². The second kappa shape index (κ2) is 7.44. The van der Waals surface area contributed by atoms with Crippen LogP contribution in [0.4, 0.5) is 0 Å². The number of fused-ring (bicyclic) bond motifs is 1. The lowest BCUT2D eigenvalue weighted by molar-refractivity contribution is 0.147. The highest BCUT2D eigenvalue weighted by atomic mass is 35.5. The summed E-state index contributed by atoms with van der Waals surface area (Å²) in [6.45, 7) is 3.32. The Hall–Kier alpha value is -2.00. The molecule has 9 heteroatoms. The van der Waals surface area contributed by atoms with Crippen molar-refractivity contribution in [1.82, 2.24) is 23.8 Å². The van der Waals surface area contributed by atoms with Gasteiger partial charge in [-0.15, -0.1) is 0 Å². The highest BCUT2D eigenvalue weighted by molar-refractivity contribution is 7.89. The van der Waals surface area contributed by atoms with Crippen LogP contribution in [-0.2, 0) is 16.4 Å². The monoisotopic (exact) mass is 419 g/mol. The van der Waals surface area contributed by atoms with E-state index in [1.807, 2.05) is 25.2 Å². The molecule has 1 fully saturated rings. The van der Waals surface area contributed by atoms with Crippen molar-refractivity contribution >= 4 is 27.3 Å². The second-order valence-electron chi connectivity index (χ2n) is 7.14. The van der Waals surface area contributed by atoms with Crippen molar-refractivity contribution in [2.24, 2.45) is 0 Å². The maximum absolute atomic E-state index is 13.2. The number of sulfonamides is 1. The fraction of sp³-hybridized carbons (Fsp3) is 0.368. The van der Waals surface area contributed by atoms with E-state index in [1.165, 1.54) is 22.5 Å². The lowest BCUT2D eigenvalue weighted by atomic mass is 10.0. The number of benzene rings is 1. The predicted octanol–water partition coefficient (Wildman–Crippen LogP) is 2.24. The Kier molecular flexibility index (Phi) is 5.13. The summed E-state index contributed by atoms with van der Waals surface area (Å²) in [4.78, 5) is 6.56. The number of aromatic nitrogens is 3. The summed E-state index contributed by atoms with van der Waals surface area (Å²) in [5.41, 5.74) is 2.27. The summed E-state index contributed by atoms with van der Waals surface area (Å²) in [5.74, 6) is 0. The van der Waals surface area contributed by atoms with E-state index >= 15 is 0 Å². The SMILES string of the molecule is Cc1nn2cc(S(=O)(=O)N3CCN(C)C(Cc4ccccc4)C3)cnc2c1Cl. The van der Waals surface area contributed by atoms with Crippen molar-refractivity contribution in [2.45, 2.75) is 24.3 Å². The molecule has 1 atom stereocenters. The second-order valence-corrected chi connectivity index (χ2v) is 9.46. The van der Waals surface area contributed by atoms with Crippen LogP contribution >= 0.6 is 11.6 Å². The first-order valence-electron chi connectivity index (χ1n) is 9.11. The van der Waals surface area contributed by atoms with Gasteiger partial charge in [0.2, 0.25) is 10.0 Å². The largest absolute Gasteiger partial charge is 0.300 e. The first-order valence-corrected chi connectivity index (χ1v) is 10.9. The molecule has 1 aliphatic rings. The smallest absolute Gasteiger partial charge is 0.246 e. The summed E-state index contributed by atoms with van der Waals surface area (Å²) in [5, 5.41) is 4.68. The Bertz CT molecular complexity index is 1100. The fourth-order valence-electron chi connectivity index (χ4n) is 3.52. The van der Waals surface area contributed by atoms with E-state index in [1.54, 1.807) is 11.2 Å². The van der Waals surface area contributed by atoms with Gasteiger partial charge in [-0.25, -0.2) is 17.9 Å². The molecule has 0 radical (unpaired) electrons. The van der Waals surface area contributed by atoms with Crippen LogP contribution in [-0.4, -0.2) is 64.9 Å². The Morgan fingerprint density at radius 2 is 1.96 bits per heavy atom. The van der Waals surface area contributed by atoms with Crippen LogP contribution in [0.2, 0.25) is 5.02 Å². The van der Waals surface area contributed by atoms with Crippen molar-refractivity contribution in [3.05, 3.63) is 59.0 Å². The van der Waals surface area contributed by atoms with Gasteiger partial charge in [0.25, 0.3) is 0 Å². The minimum atomic E-state index is -3.67. The van der Waals surface area contributed by atoms with Crippen molar-refractivity contribution in [1.29, 1.82) is 0 Å². The molecule has 0 spiro atoms. The Morgan fingerprint density at radius 3 is 2.71 bits per heavy atom. The summed E-state index contributed by atoms with van der Waals surface area (Å²) in [7, 11) is -1.62. The summed E-state index contributed by atoms with van der Waals surface area (Å²) in [6, 6.07) is 10.3. The quantitative estimate of drug-likeness (QED) is 0.648. The van der Waals surface area contributed by atoms with Crippen LogP contribution in [0.5, 0.6) is 0 Å². The number of rotatable bonds is 4. The van der Waals surface area contributed by atoms with Crippen molar-refractivity contribution in [3.8, 4) is 0 Å². The lowest BCUT2D eigenvalue weighted by Crippen LogP contribution is -2.53. The third kappa shape index (κ3) is 3.53. The number of piperazine rings is 1. The van der Waals surface area contributed by atoms with E-state index in [2.05, 4.69) is 27.1 Å². The molecular formula is C19H22ClN5O2S. The number of hydrogen-bond acceptors (Lipinski definition) is 5. The minimum absolute atomic E-state index is 0.115. The van der Waals surface area contributed by atoms with Crippen LogP contribution in [0.1, 0.15) is 11.3 Å². The molecule has 1 aromatic carbocycles. The van der Waals surface area contributed by atoms with Gasteiger partial charge in [0.05, 0.1) is 18.1 Å². The molecular weight excluding hydrogens is 398 g/mol. The zero-order valence-electron chi connectivity index (χ0n) is 15.8. The molecule has 1 saturated heterocycles. The van der Waals surface area contributed by atoms with Gasteiger partial charge in [-0.1, -0.05) is 41.9 Å². The molecule has 7 nitrogen and oxygen atoms in total. The van der Waals surface area contributed by atoms with Gasteiger partial charge in [0.15, 0.2) is 5.65 Å². The molecule has 148 valence electrons. The number of likely N-dealkylation sites (N-methyl/N-ethyl adjacent to an activating group) is 1. The van der Waals surface area contributed by atoms with E-state index in [0.29, 0.717) is 36.0 Å². The molecule has 0 saturated carbocycles. The molecule has 3 heterocycles. The van der Waals surface area contributed by atoms with Gasteiger partial charge in [-0.05, 0) is 26.0 Å². The number of nitrogens with zero attached hydrogens (tertiary/aromatic N) is 5. The van der Waals surface area contributed by atoms with Crippen LogP contribution in [0.15, 0.2) is 47.6 Å². The van der Waals surface area contributed by atoms with E-state index < -0.39 is 10.0 Å². The third-order valence-electron chi connectivity index (χ3n) is 5.24. The average Bonchev–Trinajstić information content (AvgIpc) is 2.97. The Labute approximate surface area is 169 Å². The number of hydrogen-bond donors (Lipinski definition) is 0. The third-order valence-corrected chi connectivity index (χ3v) is 7.50. The maximum atomic E-state index is 13.2. The highest BCUT2D eigenvalue weighted by Crippen LogP contribution is 2.24. The van der Waals surface area contributed by atoms with E-state index in [4.69, 9.17) is 11.6 Å². The molecule has 1 unspecified atom stereocenters. The highest BCUT2D eigenvalue weighted by Gasteiger charge is 2.33. The Balaban J connectivity index is 1.60. The Morgan fingerprint density at radius 1 is 1.21 bits per heavy atom. The molecule has 0 bridgehead atoms.